The van der Waals surface area contributed by atoms with Crippen molar-refractivity contribution < 1.29 is 36.6 Å². The van der Waals surface area contributed by atoms with Crippen molar-refractivity contribution in [2.24, 2.45) is 0 Å². The van der Waals surface area contributed by atoms with E-state index in [1.54, 1.807) is 0 Å². The first-order chi connectivity index (χ1) is 18.3. The number of rotatable bonds is 2. The number of carbonyl (C=O) groups is 2. The quantitative estimate of drug-likeness (QED) is 0.282. The minimum absolute atomic E-state index is 0.0370. The number of carbonyl (C=O) groups excluding carboxylic acids is 2. The molecule has 2 heterocycles. The highest BCUT2D eigenvalue weighted by Gasteiger charge is 2.79. The van der Waals surface area contributed by atoms with Crippen LogP contribution in [0.15, 0.2) is 53.0 Å². The maximum Gasteiger partial charge on any atom is 0.423 e. The lowest BCUT2D eigenvalue weighted by Crippen LogP contribution is -2.58. The highest BCUT2D eigenvalue weighted by molar-refractivity contribution is 9.10. The van der Waals surface area contributed by atoms with Gasteiger partial charge in [-0.1, -0.05) is 27.5 Å². The van der Waals surface area contributed by atoms with Crippen molar-refractivity contribution in [1.82, 2.24) is 5.32 Å². The maximum atomic E-state index is 14.3. The number of urea groups is 1. The van der Waals surface area contributed by atoms with Crippen LogP contribution >= 0.6 is 27.5 Å². The zero-order valence-electron chi connectivity index (χ0n) is 19.5. The smallest absolute Gasteiger partial charge is 0.374 e. The molecule has 2 aliphatic heterocycles. The van der Waals surface area contributed by atoms with Crippen LogP contribution in [0.4, 0.5) is 38.1 Å². The number of hydrogen-bond donors (Lipinski definition) is 3. The van der Waals surface area contributed by atoms with Crippen molar-refractivity contribution in [3.05, 3.63) is 91.9 Å². The Kier molecular flexibility index (Phi) is 5.60. The van der Waals surface area contributed by atoms with Gasteiger partial charge in [0.2, 0.25) is 5.60 Å². The largest absolute Gasteiger partial charge is 0.423 e. The van der Waals surface area contributed by atoms with Crippen LogP contribution in [0.1, 0.15) is 45.9 Å². The Morgan fingerprint density at radius 1 is 1.10 bits per heavy atom. The Bertz CT molecular complexity index is 1600. The van der Waals surface area contributed by atoms with Gasteiger partial charge in [-0.15, -0.1) is 0 Å². The molecular formula is C26H16BrClF5N3O3. The number of fused-ring (bicyclic) bond motifs is 2. The second-order valence-corrected chi connectivity index (χ2v) is 11.0. The van der Waals surface area contributed by atoms with Gasteiger partial charge >= 0.3 is 12.2 Å². The van der Waals surface area contributed by atoms with Crippen LogP contribution in [0.5, 0.6) is 0 Å². The van der Waals surface area contributed by atoms with Gasteiger partial charge in [0.15, 0.2) is 0 Å². The van der Waals surface area contributed by atoms with Crippen molar-refractivity contribution in [1.29, 1.82) is 0 Å². The van der Waals surface area contributed by atoms with E-state index in [-0.39, 0.29) is 45.9 Å². The molecule has 1 saturated carbocycles. The fourth-order valence-electron chi connectivity index (χ4n) is 5.70. The van der Waals surface area contributed by atoms with Gasteiger partial charge in [-0.05, 0) is 61.4 Å². The molecule has 1 fully saturated rings. The van der Waals surface area contributed by atoms with E-state index < -0.39 is 52.5 Å². The second-order valence-electron chi connectivity index (χ2n) is 9.65. The number of nitrogens with one attached hydrogen (secondary N) is 2. The summed E-state index contributed by atoms with van der Waals surface area (Å²) in [6, 6.07) is 6.96. The Labute approximate surface area is 230 Å². The molecule has 1 spiro atoms. The van der Waals surface area contributed by atoms with E-state index in [2.05, 4.69) is 26.6 Å². The second kappa shape index (κ2) is 8.39. The number of nitrogens with zero attached hydrogens (tertiary/aromatic N) is 1. The summed E-state index contributed by atoms with van der Waals surface area (Å²) in [7, 11) is 0. The molecule has 6 rings (SSSR count). The van der Waals surface area contributed by atoms with E-state index in [1.165, 1.54) is 18.2 Å². The third-order valence-electron chi connectivity index (χ3n) is 7.49. The first-order valence-electron chi connectivity index (χ1n) is 11.6. The average molecular weight is 629 g/mol. The zero-order chi connectivity index (χ0) is 28.1. The lowest BCUT2D eigenvalue weighted by Gasteiger charge is -2.36. The number of alkyl halides is 3. The third kappa shape index (κ3) is 3.61. The highest BCUT2D eigenvalue weighted by atomic mass is 79.9. The van der Waals surface area contributed by atoms with E-state index in [1.807, 2.05) is 0 Å². The molecule has 6 nitrogen and oxygen atoms in total. The minimum atomic E-state index is -5.21. The Morgan fingerprint density at radius 2 is 1.77 bits per heavy atom. The topological polar surface area (TPSA) is 81.7 Å². The molecular weight excluding hydrogens is 613 g/mol. The molecule has 3 aromatic carbocycles. The van der Waals surface area contributed by atoms with E-state index in [4.69, 9.17) is 11.6 Å². The molecule has 3 aliphatic rings. The summed E-state index contributed by atoms with van der Waals surface area (Å²) in [4.78, 5) is 27.3. The molecule has 13 heteroatoms. The van der Waals surface area contributed by atoms with Crippen molar-refractivity contribution in [3.63, 3.8) is 0 Å². The SMILES string of the molecule is O=C1NC(c2cc(F)ccc2Cl)c2c(NC(=O)N3c4ccc(F)cc4C(O)(C(F)(F)F)C34CC4)cc(Br)cc21. The molecule has 39 heavy (non-hydrogen) atoms. The summed E-state index contributed by atoms with van der Waals surface area (Å²) < 4.78 is 71.5. The molecule has 1 aliphatic carbocycles. The molecule has 0 aromatic heterocycles. The fourth-order valence-corrected chi connectivity index (χ4v) is 6.39. The number of amides is 3. The van der Waals surface area contributed by atoms with Crippen LogP contribution in [0.3, 0.4) is 0 Å². The highest BCUT2D eigenvalue weighted by Crippen LogP contribution is 2.67. The summed E-state index contributed by atoms with van der Waals surface area (Å²) >= 11 is 9.55. The summed E-state index contributed by atoms with van der Waals surface area (Å²) in [5, 5.41) is 16.4. The third-order valence-corrected chi connectivity index (χ3v) is 8.29. The van der Waals surface area contributed by atoms with Crippen molar-refractivity contribution in [3.8, 4) is 0 Å². The Hall–Kier alpha value is -3.22. The molecule has 3 N–H and O–H groups in total. The predicted molar refractivity (Wildman–Crippen MR) is 135 cm³/mol. The fraction of sp³-hybridized carbons (Fsp3) is 0.231. The molecule has 0 saturated heterocycles. The summed E-state index contributed by atoms with van der Waals surface area (Å²) in [6.07, 6.45) is -5.59. The maximum absolute atomic E-state index is 14.3. The molecule has 0 bridgehead atoms. The van der Waals surface area contributed by atoms with E-state index in [9.17, 15) is 36.6 Å². The minimum Gasteiger partial charge on any atom is -0.374 e. The molecule has 202 valence electrons. The molecule has 3 aromatic rings. The number of aliphatic hydroxyl groups is 1. The lowest BCUT2D eigenvalue weighted by atomic mass is 9.86. The van der Waals surface area contributed by atoms with Gasteiger partial charge in [-0.2, -0.15) is 13.2 Å². The molecule has 2 unspecified atom stereocenters. The first kappa shape index (κ1) is 26.0. The van der Waals surface area contributed by atoms with Crippen molar-refractivity contribution >= 4 is 50.8 Å². The van der Waals surface area contributed by atoms with Crippen LogP contribution in [-0.2, 0) is 5.60 Å². The van der Waals surface area contributed by atoms with Crippen LogP contribution in [-0.4, -0.2) is 28.8 Å². The number of hydrogen-bond acceptors (Lipinski definition) is 3. The van der Waals surface area contributed by atoms with E-state index in [0.29, 0.717) is 10.5 Å². The van der Waals surface area contributed by atoms with Gasteiger partial charge in [0.1, 0.15) is 11.6 Å². The monoisotopic (exact) mass is 627 g/mol. The number of anilines is 2. The van der Waals surface area contributed by atoms with Gasteiger partial charge < -0.3 is 15.7 Å². The lowest BCUT2D eigenvalue weighted by molar-refractivity contribution is -0.274. The Balaban J connectivity index is 1.46. The van der Waals surface area contributed by atoms with Gasteiger partial charge in [-0.3, -0.25) is 9.69 Å². The molecule has 2 atom stereocenters. The van der Waals surface area contributed by atoms with Gasteiger partial charge in [0, 0.05) is 37.4 Å². The standard InChI is InChI=1S/C26H16BrClF5N3O3/c27-11-7-15-20(21(35-22(15)37)14-9-12(29)1-3-17(14)28)18(8-11)34-23(38)36-19-4-2-13(30)10-16(19)25(39,26(31,32)33)24(36)5-6-24/h1-4,7-10,21,39H,5-6H2,(H,34,38)(H,35,37). The van der Waals surface area contributed by atoms with Gasteiger partial charge in [-0.25, -0.2) is 13.6 Å². The first-order valence-corrected chi connectivity index (χ1v) is 12.8. The summed E-state index contributed by atoms with van der Waals surface area (Å²) in [5.74, 6) is -2.17. The average Bonchev–Trinajstić information content (AvgIpc) is 3.53. The van der Waals surface area contributed by atoms with E-state index >= 15 is 0 Å². The van der Waals surface area contributed by atoms with Crippen LogP contribution in [0.2, 0.25) is 5.02 Å². The Morgan fingerprint density at radius 3 is 2.44 bits per heavy atom. The zero-order valence-corrected chi connectivity index (χ0v) is 21.8. The van der Waals surface area contributed by atoms with Crippen LogP contribution < -0.4 is 15.5 Å². The van der Waals surface area contributed by atoms with Crippen LogP contribution in [0.25, 0.3) is 0 Å². The van der Waals surface area contributed by atoms with E-state index in [0.717, 1.165) is 29.2 Å². The van der Waals surface area contributed by atoms with Crippen molar-refractivity contribution in [2.45, 2.75) is 36.2 Å². The molecule has 3 amide bonds. The van der Waals surface area contributed by atoms with Gasteiger partial charge in [0.25, 0.3) is 5.91 Å². The summed E-state index contributed by atoms with van der Waals surface area (Å²) in [5.41, 5.74) is -6.05. The molecule has 0 radical (unpaired) electrons. The number of halogens is 7. The van der Waals surface area contributed by atoms with Crippen molar-refractivity contribution in [2.75, 3.05) is 10.2 Å². The number of benzene rings is 3. The predicted octanol–water partition coefficient (Wildman–Crippen LogP) is 6.55. The summed E-state index contributed by atoms with van der Waals surface area (Å²) in [6.45, 7) is 0. The van der Waals surface area contributed by atoms with Gasteiger partial charge in [0.05, 0.1) is 17.3 Å². The normalized spacial score (nSPS) is 22.5. The van der Waals surface area contributed by atoms with Crippen LogP contribution in [0, 0.1) is 11.6 Å².